The molecule has 0 saturated heterocycles. The second-order valence-corrected chi connectivity index (χ2v) is 6.52. The van der Waals surface area contributed by atoms with E-state index in [1.807, 2.05) is 0 Å². The molecule has 0 fully saturated rings. The van der Waals surface area contributed by atoms with Gasteiger partial charge in [-0.15, -0.1) is 0 Å². The van der Waals surface area contributed by atoms with Gasteiger partial charge >= 0.3 is 19.3 Å². The first kappa shape index (κ1) is 19.9. The highest BCUT2D eigenvalue weighted by Gasteiger charge is 2.29. The number of alkyl halides is 3. The van der Waals surface area contributed by atoms with E-state index in [4.69, 9.17) is 14.6 Å². The maximum absolute atomic E-state index is 12.2. The van der Waals surface area contributed by atoms with E-state index in [1.54, 1.807) is 0 Å². The summed E-state index contributed by atoms with van der Waals surface area (Å²) >= 11 is -0.244. The average molecular weight is 375 g/mol. The number of benzene rings is 1. The number of thioether (sulfide) groups is 1. The molecule has 130 valence electrons. The minimum absolute atomic E-state index is 0.0211. The van der Waals surface area contributed by atoms with E-state index in [2.05, 4.69) is 10.0 Å². The number of hydrogen-bond acceptors (Lipinski definition) is 6. The molecule has 0 aromatic heterocycles. The van der Waals surface area contributed by atoms with Gasteiger partial charge in [-0.2, -0.15) is 18.7 Å². The molecule has 1 aromatic carbocycles. The highest BCUT2D eigenvalue weighted by molar-refractivity contribution is 8.00. The van der Waals surface area contributed by atoms with Crippen molar-refractivity contribution in [1.29, 1.82) is 0 Å². The maximum atomic E-state index is 12.2. The lowest BCUT2D eigenvalue weighted by Gasteiger charge is -2.13. The Labute approximate surface area is 133 Å². The molecule has 0 amide bonds. The van der Waals surface area contributed by atoms with E-state index in [-0.39, 0.29) is 23.3 Å². The monoisotopic (exact) mass is 375 g/mol. The number of phosphoric acid groups is 1. The fourth-order valence-electron chi connectivity index (χ4n) is 1.28. The third-order valence-corrected chi connectivity index (χ3v) is 3.38. The van der Waals surface area contributed by atoms with Crippen LogP contribution >= 0.6 is 19.6 Å². The van der Waals surface area contributed by atoms with Crippen molar-refractivity contribution >= 4 is 25.6 Å². The summed E-state index contributed by atoms with van der Waals surface area (Å²) in [5.74, 6) is -1.21. The van der Waals surface area contributed by atoms with Crippen LogP contribution in [0.15, 0.2) is 29.2 Å². The number of nitrogens with one attached hydrogen (secondary N) is 1. The van der Waals surface area contributed by atoms with Gasteiger partial charge in [-0.25, -0.2) is 9.36 Å². The van der Waals surface area contributed by atoms with E-state index < -0.39 is 25.3 Å². The lowest BCUT2D eigenvalue weighted by molar-refractivity contribution is -0.142. The number of carbonyl (C=O) groups is 1. The Balaban J connectivity index is 2.41. The van der Waals surface area contributed by atoms with Crippen LogP contribution in [0.3, 0.4) is 0 Å². The summed E-state index contributed by atoms with van der Waals surface area (Å²) in [5.41, 5.74) is -1.64. The Hall–Kier alpha value is -1.10. The van der Waals surface area contributed by atoms with Gasteiger partial charge in [0.25, 0.3) is 0 Å². The predicted molar refractivity (Wildman–Crippen MR) is 73.9 cm³/mol. The molecule has 0 saturated carbocycles. The van der Waals surface area contributed by atoms with Crippen LogP contribution in [0.4, 0.5) is 13.2 Å². The summed E-state index contributed by atoms with van der Waals surface area (Å²) in [6.07, 6.45) is 0. The van der Waals surface area contributed by atoms with E-state index in [0.717, 1.165) is 0 Å². The van der Waals surface area contributed by atoms with Crippen LogP contribution in [0.1, 0.15) is 12.5 Å². The van der Waals surface area contributed by atoms with Gasteiger partial charge in [0.2, 0.25) is 0 Å². The lowest BCUT2D eigenvalue weighted by atomic mass is 10.2. The van der Waals surface area contributed by atoms with Crippen LogP contribution in [-0.4, -0.2) is 27.3 Å². The van der Waals surface area contributed by atoms with Gasteiger partial charge in [0, 0.05) is 4.90 Å². The van der Waals surface area contributed by atoms with E-state index >= 15 is 0 Å². The first-order chi connectivity index (χ1) is 10.5. The second kappa shape index (κ2) is 8.13. The summed E-state index contributed by atoms with van der Waals surface area (Å²) in [6.45, 7) is 1.17. The molecule has 1 atom stereocenters. The van der Waals surface area contributed by atoms with Crippen molar-refractivity contribution in [2.24, 2.45) is 0 Å². The second-order valence-electron chi connectivity index (χ2n) is 4.22. The van der Waals surface area contributed by atoms with Crippen LogP contribution in [0, 0.1) is 0 Å². The standard InChI is InChI=1S/C11H13F3NO6PS/c1-7(10(16)21-22(17,18)19)15-20-6-8-2-4-9(5-3-8)23-11(12,13)14/h2-5,7,15H,6H2,1H3,(H2,17,18,19)/t7-/m0/s1. The van der Waals surface area contributed by atoms with Crippen LogP contribution in [0.5, 0.6) is 0 Å². The quantitative estimate of drug-likeness (QED) is 0.379. The molecule has 0 radical (unpaired) electrons. The highest BCUT2D eigenvalue weighted by atomic mass is 32.2. The highest BCUT2D eigenvalue weighted by Crippen LogP contribution is 2.37. The van der Waals surface area contributed by atoms with E-state index in [9.17, 15) is 22.5 Å². The minimum atomic E-state index is -4.93. The van der Waals surface area contributed by atoms with Gasteiger partial charge in [0.1, 0.15) is 6.04 Å². The average Bonchev–Trinajstić information content (AvgIpc) is 2.37. The fourth-order valence-corrected chi connectivity index (χ4v) is 2.21. The van der Waals surface area contributed by atoms with Crippen molar-refractivity contribution in [3.8, 4) is 0 Å². The summed E-state index contributed by atoms with van der Waals surface area (Å²) in [4.78, 5) is 33.1. The molecule has 7 nitrogen and oxygen atoms in total. The molecular weight excluding hydrogens is 362 g/mol. The maximum Gasteiger partial charge on any atom is 0.527 e. The Morgan fingerprint density at radius 2 is 1.91 bits per heavy atom. The van der Waals surface area contributed by atoms with Crippen molar-refractivity contribution in [2.75, 3.05) is 0 Å². The van der Waals surface area contributed by atoms with E-state index in [0.29, 0.717) is 5.56 Å². The third kappa shape index (κ3) is 8.94. The zero-order valence-electron chi connectivity index (χ0n) is 11.6. The molecule has 0 bridgehead atoms. The molecule has 0 spiro atoms. The zero-order chi connectivity index (χ0) is 17.7. The molecule has 0 aliphatic heterocycles. The molecule has 23 heavy (non-hydrogen) atoms. The van der Waals surface area contributed by atoms with Crippen molar-refractivity contribution in [3.63, 3.8) is 0 Å². The first-order valence-electron chi connectivity index (χ1n) is 5.97. The van der Waals surface area contributed by atoms with Crippen LogP contribution < -0.4 is 5.48 Å². The molecule has 0 aliphatic rings. The molecule has 1 rings (SSSR count). The Bertz CT molecular complexity index is 576. The summed E-state index contributed by atoms with van der Waals surface area (Å²) < 4.78 is 50.8. The van der Waals surface area contributed by atoms with Gasteiger partial charge in [0.05, 0.1) is 6.61 Å². The van der Waals surface area contributed by atoms with Crippen LogP contribution in [-0.2, 0) is 25.3 Å². The lowest BCUT2D eigenvalue weighted by Crippen LogP contribution is -2.34. The summed E-state index contributed by atoms with van der Waals surface area (Å²) in [5, 5.41) is 0. The van der Waals surface area contributed by atoms with Crippen molar-refractivity contribution in [2.45, 2.75) is 30.0 Å². The summed E-state index contributed by atoms with van der Waals surface area (Å²) in [7, 11) is -4.93. The van der Waals surface area contributed by atoms with Crippen LogP contribution in [0.25, 0.3) is 0 Å². The number of halogens is 3. The van der Waals surface area contributed by atoms with Gasteiger partial charge in [-0.05, 0) is 36.4 Å². The Morgan fingerprint density at radius 3 is 2.39 bits per heavy atom. The summed E-state index contributed by atoms with van der Waals surface area (Å²) in [6, 6.07) is 4.20. The topological polar surface area (TPSA) is 105 Å². The van der Waals surface area contributed by atoms with Gasteiger partial charge < -0.3 is 4.52 Å². The molecule has 3 N–H and O–H groups in total. The van der Waals surface area contributed by atoms with E-state index in [1.165, 1.54) is 31.2 Å². The van der Waals surface area contributed by atoms with Crippen molar-refractivity contribution in [1.82, 2.24) is 5.48 Å². The van der Waals surface area contributed by atoms with Gasteiger partial charge in [-0.3, -0.25) is 14.6 Å². The zero-order valence-corrected chi connectivity index (χ0v) is 13.3. The van der Waals surface area contributed by atoms with Crippen LogP contribution in [0.2, 0.25) is 0 Å². The normalized spacial score (nSPS) is 13.7. The number of phosphoric ester groups is 1. The molecule has 12 heteroatoms. The SMILES string of the molecule is C[C@H](NOCc1ccc(SC(F)(F)F)cc1)C(=O)OP(=O)(O)O. The minimum Gasteiger partial charge on any atom is -0.369 e. The molecule has 0 heterocycles. The largest absolute Gasteiger partial charge is 0.527 e. The number of rotatable bonds is 7. The molecule has 1 aromatic rings. The predicted octanol–water partition coefficient (Wildman–Crippen LogP) is 2.34. The third-order valence-electron chi connectivity index (χ3n) is 2.22. The molecular formula is C11H13F3NO6PS. The smallest absolute Gasteiger partial charge is 0.369 e. The van der Waals surface area contributed by atoms with Gasteiger partial charge in [0.15, 0.2) is 0 Å². The van der Waals surface area contributed by atoms with Gasteiger partial charge in [-0.1, -0.05) is 12.1 Å². The molecule has 0 unspecified atom stereocenters. The van der Waals surface area contributed by atoms with Crippen molar-refractivity contribution < 1.29 is 41.7 Å². The molecule has 0 aliphatic carbocycles. The van der Waals surface area contributed by atoms with Crippen molar-refractivity contribution in [3.05, 3.63) is 29.8 Å². The number of hydroxylamine groups is 1. The Kier molecular flexibility index (Phi) is 7.05. The first-order valence-corrected chi connectivity index (χ1v) is 8.32. The fraction of sp³-hybridized carbons (Fsp3) is 0.364. The number of hydrogen-bond donors (Lipinski definition) is 3. The Morgan fingerprint density at radius 1 is 1.35 bits per heavy atom. The number of carbonyl (C=O) groups excluding carboxylic acids is 1.